The molecule has 0 spiro atoms. The molecule has 1 unspecified atom stereocenters. The van der Waals surface area contributed by atoms with Crippen molar-refractivity contribution in [2.75, 3.05) is 11.9 Å². The number of nitrogens with zero attached hydrogens (tertiary/aromatic N) is 2. The average Bonchev–Trinajstić information content (AvgIpc) is 3.08. The maximum atomic E-state index is 6.07. The van der Waals surface area contributed by atoms with E-state index < -0.39 is 0 Å². The number of anilines is 1. The Labute approximate surface area is 104 Å². The second-order valence-electron chi connectivity index (χ2n) is 4.68. The molecule has 3 N–H and O–H groups in total. The summed E-state index contributed by atoms with van der Waals surface area (Å²) >= 11 is 1.70. The predicted octanol–water partition coefficient (Wildman–Crippen LogP) is 2.15. The summed E-state index contributed by atoms with van der Waals surface area (Å²) in [6.07, 6.45) is 4.17. The van der Waals surface area contributed by atoms with Crippen LogP contribution in [-0.2, 0) is 0 Å². The van der Waals surface area contributed by atoms with Gasteiger partial charge in [-0.1, -0.05) is 0 Å². The number of fused-ring (bicyclic) bond motifs is 1. The van der Waals surface area contributed by atoms with Crippen LogP contribution in [0, 0.1) is 12.8 Å². The summed E-state index contributed by atoms with van der Waals surface area (Å²) in [6, 6.07) is 2.38. The largest absolute Gasteiger partial charge is 0.368 e. The lowest BCUT2D eigenvalue weighted by molar-refractivity contribution is 0.620. The van der Waals surface area contributed by atoms with Gasteiger partial charge in [-0.15, -0.1) is 11.3 Å². The zero-order valence-electron chi connectivity index (χ0n) is 9.81. The number of aryl methyl sites for hydroxylation is 1. The van der Waals surface area contributed by atoms with Gasteiger partial charge in [0.1, 0.15) is 17.0 Å². The minimum absolute atomic E-state index is 0.250. The summed E-state index contributed by atoms with van der Waals surface area (Å²) in [5.74, 6) is 1.62. The van der Waals surface area contributed by atoms with Gasteiger partial charge in [-0.05, 0) is 31.7 Å². The number of hydrogen-bond donors (Lipinski definition) is 2. The minimum Gasteiger partial charge on any atom is -0.368 e. The molecule has 1 saturated carbocycles. The molecule has 0 aliphatic heterocycles. The number of thiophene rings is 1. The average molecular weight is 248 g/mol. The molecular formula is C12H16N4S. The molecule has 3 rings (SSSR count). The number of hydrogen-bond acceptors (Lipinski definition) is 5. The van der Waals surface area contributed by atoms with Crippen molar-refractivity contribution in [3.63, 3.8) is 0 Å². The zero-order valence-corrected chi connectivity index (χ0v) is 10.6. The van der Waals surface area contributed by atoms with Gasteiger partial charge in [0.2, 0.25) is 0 Å². The fourth-order valence-electron chi connectivity index (χ4n) is 2.02. The predicted molar refractivity (Wildman–Crippen MR) is 71.3 cm³/mol. The van der Waals surface area contributed by atoms with Crippen molar-refractivity contribution < 1.29 is 0 Å². The van der Waals surface area contributed by atoms with E-state index in [1.807, 2.05) is 0 Å². The summed E-state index contributed by atoms with van der Waals surface area (Å²) in [5.41, 5.74) is 6.07. The maximum absolute atomic E-state index is 6.07. The number of aromatic nitrogens is 2. The van der Waals surface area contributed by atoms with E-state index in [0.717, 1.165) is 22.6 Å². The van der Waals surface area contributed by atoms with Crippen LogP contribution in [0.2, 0.25) is 0 Å². The molecule has 90 valence electrons. The number of rotatable bonds is 4. The summed E-state index contributed by atoms with van der Waals surface area (Å²) in [5, 5.41) is 4.46. The molecule has 0 saturated heterocycles. The first-order valence-corrected chi connectivity index (χ1v) is 6.76. The van der Waals surface area contributed by atoms with Crippen LogP contribution in [0.1, 0.15) is 17.7 Å². The molecule has 4 nitrogen and oxygen atoms in total. The van der Waals surface area contributed by atoms with Crippen LogP contribution in [0.3, 0.4) is 0 Å². The van der Waals surface area contributed by atoms with E-state index >= 15 is 0 Å². The van der Waals surface area contributed by atoms with Crippen molar-refractivity contribution in [2.45, 2.75) is 25.8 Å². The number of nitrogens with two attached hydrogens (primary N) is 1. The van der Waals surface area contributed by atoms with Crippen LogP contribution in [0.15, 0.2) is 12.4 Å². The molecular weight excluding hydrogens is 232 g/mol. The van der Waals surface area contributed by atoms with E-state index in [1.165, 1.54) is 17.7 Å². The van der Waals surface area contributed by atoms with Crippen LogP contribution < -0.4 is 11.1 Å². The van der Waals surface area contributed by atoms with Crippen LogP contribution in [0.4, 0.5) is 5.82 Å². The number of nitrogens with one attached hydrogen (secondary N) is 1. The highest BCUT2D eigenvalue weighted by molar-refractivity contribution is 7.18. The van der Waals surface area contributed by atoms with Crippen LogP contribution in [0.5, 0.6) is 0 Å². The fraction of sp³-hybridized carbons (Fsp3) is 0.500. The van der Waals surface area contributed by atoms with Crippen molar-refractivity contribution in [1.82, 2.24) is 9.97 Å². The van der Waals surface area contributed by atoms with Gasteiger partial charge >= 0.3 is 0 Å². The lowest BCUT2D eigenvalue weighted by Gasteiger charge is -2.12. The first-order valence-electron chi connectivity index (χ1n) is 5.94. The Morgan fingerprint density at radius 2 is 2.35 bits per heavy atom. The van der Waals surface area contributed by atoms with Crippen LogP contribution in [-0.4, -0.2) is 22.6 Å². The van der Waals surface area contributed by atoms with Crippen LogP contribution >= 0.6 is 11.3 Å². The third kappa shape index (κ3) is 2.25. The molecule has 1 aliphatic carbocycles. The Hall–Kier alpha value is -1.20. The van der Waals surface area contributed by atoms with E-state index in [-0.39, 0.29) is 6.04 Å². The van der Waals surface area contributed by atoms with E-state index in [0.29, 0.717) is 5.92 Å². The van der Waals surface area contributed by atoms with Gasteiger partial charge in [-0.3, -0.25) is 0 Å². The smallest absolute Gasteiger partial charge is 0.138 e. The van der Waals surface area contributed by atoms with Gasteiger partial charge in [0, 0.05) is 17.5 Å². The third-order valence-electron chi connectivity index (χ3n) is 3.19. The monoisotopic (exact) mass is 248 g/mol. The van der Waals surface area contributed by atoms with Crippen molar-refractivity contribution in [2.24, 2.45) is 11.7 Å². The Kier molecular flexibility index (Phi) is 2.72. The molecule has 0 radical (unpaired) electrons. The van der Waals surface area contributed by atoms with Crippen LogP contribution in [0.25, 0.3) is 10.2 Å². The zero-order chi connectivity index (χ0) is 11.8. The second-order valence-corrected chi connectivity index (χ2v) is 5.92. The van der Waals surface area contributed by atoms with Gasteiger partial charge < -0.3 is 11.1 Å². The summed E-state index contributed by atoms with van der Waals surface area (Å²) in [7, 11) is 0. The van der Waals surface area contributed by atoms with Crippen molar-refractivity contribution in [1.29, 1.82) is 0 Å². The Morgan fingerprint density at radius 1 is 1.53 bits per heavy atom. The highest BCUT2D eigenvalue weighted by atomic mass is 32.1. The topological polar surface area (TPSA) is 63.8 Å². The second kappa shape index (κ2) is 4.23. The molecule has 0 amide bonds. The first-order chi connectivity index (χ1) is 8.24. The molecule has 0 bridgehead atoms. The van der Waals surface area contributed by atoms with Crippen molar-refractivity contribution in [3.05, 3.63) is 17.3 Å². The molecule has 5 heteroatoms. The molecule has 2 aromatic heterocycles. The quantitative estimate of drug-likeness (QED) is 0.870. The third-order valence-corrected chi connectivity index (χ3v) is 4.14. The Bertz CT molecular complexity index is 532. The highest BCUT2D eigenvalue weighted by Gasteiger charge is 2.28. The first kappa shape index (κ1) is 10.9. The highest BCUT2D eigenvalue weighted by Crippen LogP contribution is 2.32. The molecule has 2 heterocycles. The van der Waals surface area contributed by atoms with Gasteiger partial charge in [0.25, 0.3) is 0 Å². The van der Waals surface area contributed by atoms with Crippen molar-refractivity contribution >= 4 is 27.4 Å². The normalized spacial score (nSPS) is 17.3. The molecule has 1 atom stereocenters. The minimum atomic E-state index is 0.250. The summed E-state index contributed by atoms with van der Waals surface area (Å²) in [4.78, 5) is 10.9. The molecule has 1 aliphatic rings. The molecule has 17 heavy (non-hydrogen) atoms. The van der Waals surface area contributed by atoms with E-state index in [2.05, 4.69) is 28.3 Å². The van der Waals surface area contributed by atoms with E-state index in [1.54, 1.807) is 17.7 Å². The lowest BCUT2D eigenvalue weighted by atomic mass is 10.2. The van der Waals surface area contributed by atoms with Crippen molar-refractivity contribution in [3.8, 4) is 0 Å². The standard InChI is InChI=1S/C12H16N4S/c1-7-4-9-11(15-6-16-12(9)17-7)14-5-10(13)8-2-3-8/h4,6,8,10H,2-3,5,13H2,1H3,(H,14,15,16). The van der Waals surface area contributed by atoms with Gasteiger partial charge in [0.15, 0.2) is 0 Å². The van der Waals surface area contributed by atoms with Gasteiger partial charge in [-0.25, -0.2) is 9.97 Å². The maximum Gasteiger partial charge on any atom is 0.138 e. The van der Waals surface area contributed by atoms with E-state index in [4.69, 9.17) is 5.73 Å². The molecule has 0 aromatic carbocycles. The summed E-state index contributed by atoms with van der Waals surface area (Å²) in [6.45, 7) is 2.89. The summed E-state index contributed by atoms with van der Waals surface area (Å²) < 4.78 is 0. The molecule has 1 fully saturated rings. The SMILES string of the molecule is Cc1cc2c(NCC(N)C3CC3)ncnc2s1. The van der Waals surface area contributed by atoms with E-state index in [9.17, 15) is 0 Å². The van der Waals surface area contributed by atoms with Gasteiger partial charge in [-0.2, -0.15) is 0 Å². The Balaban J connectivity index is 1.79. The molecule has 2 aromatic rings. The fourth-order valence-corrected chi connectivity index (χ4v) is 2.87. The Morgan fingerprint density at radius 3 is 3.12 bits per heavy atom. The van der Waals surface area contributed by atoms with Gasteiger partial charge in [0.05, 0.1) is 5.39 Å². The lowest BCUT2D eigenvalue weighted by Crippen LogP contribution is -2.31.